The van der Waals surface area contributed by atoms with Crippen LogP contribution in [0.3, 0.4) is 0 Å². The summed E-state index contributed by atoms with van der Waals surface area (Å²) in [4.78, 5) is 12.5. The van der Waals surface area contributed by atoms with Gasteiger partial charge in [-0.3, -0.25) is 0 Å². The van der Waals surface area contributed by atoms with Crippen LogP contribution < -0.4 is 5.32 Å². The summed E-state index contributed by atoms with van der Waals surface area (Å²) in [6.07, 6.45) is 8.25. The van der Waals surface area contributed by atoms with Gasteiger partial charge in [-0.2, -0.15) is 0 Å². The van der Waals surface area contributed by atoms with E-state index in [2.05, 4.69) is 27.2 Å². The van der Waals surface area contributed by atoms with Crippen LogP contribution in [-0.4, -0.2) is 27.0 Å². The molecule has 19 heavy (non-hydrogen) atoms. The summed E-state index contributed by atoms with van der Waals surface area (Å²) in [5.74, 6) is 1.89. The van der Waals surface area contributed by atoms with Crippen molar-refractivity contribution < 1.29 is 0 Å². The zero-order valence-electron chi connectivity index (χ0n) is 11.3. The van der Waals surface area contributed by atoms with E-state index in [4.69, 9.17) is 0 Å². The SMILES string of the molecule is Cc1ccnc2nc(CC3CC4CCC(C3)N4)[nH]c12. The second kappa shape index (κ2) is 4.30. The van der Waals surface area contributed by atoms with Crippen molar-refractivity contribution >= 4 is 11.2 Å². The lowest BCUT2D eigenvalue weighted by molar-refractivity contribution is 0.295. The maximum Gasteiger partial charge on any atom is 0.177 e. The van der Waals surface area contributed by atoms with Crippen LogP contribution in [0.1, 0.15) is 37.1 Å². The van der Waals surface area contributed by atoms with Gasteiger partial charge >= 0.3 is 0 Å². The summed E-state index contributed by atoms with van der Waals surface area (Å²) in [5, 5.41) is 3.70. The van der Waals surface area contributed by atoms with Crippen LogP contribution in [0, 0.1) is 12.8 Å². The van der Waals surface area contributed by atoms with Crippen LogP contribution in [0.2, 0.25) is 0 Å². The van der Waals surface area contributed by atoms with Crippen LogP contribution >= 0.6 is 0 Å². The minimum atomic E-state index is 0.757. The highest BCUT2D eigenvalue weighted by molar-refractivity contribution is 5.74. The summed E-state index contributed by atoms with van der Waals surface area (Å²) in [6.45, 7) is 2.11. The minimum absolute atomic E-state index is 0.757. The van der Waals surface area contributed by atoms with Gasteiger partial charge in [-0.1, -0.05) is 0 Å². The molecule has 2 aliphatic heterocycles. The maximum absolute atomic E-state index is 4.65. The smallest absolute Gasteiger partial charge is 0.177 e. The van der Waals surface area contributed by atoms with Gasteiger partial charge in [0.15, 0.2) is 5.65 Å². The van der Waals surface area contributed by atoms with E-state index in [0.29, 0.717) is 0 Å². The summed E-state index contributed by atoms with van der Waals surface area (Å²) in [7, 11) is 0. The Bertz CT molecular complexity index is 591. The third-order valence-corrected chi connectivity index (χ3v) is 4.70. The Morgan fingerprint density at radius 3 is 2.79 bits per heavy atom. The molecule has 2 atom stereocenters. The number of H-pyrrole nitrogens is 1. The van der Waals surface area contributed by atoms with Gasteiger partial charge in [-0.15, -0.1) is 0 Å². The first-order chi connectivity index (χ1) is 9.28. The first-order valence-electron chi connectivity index (χ1n) is 7.34. The molecule has 2 saturated heterocycles. The molecule has 2 aromatic rings. The van der Waals surface area contributed by atoms with Crippen LogP contribution in [0.15, 0.2) is 12.3 Å². The maximum atomic E-state index is 4.65. The van der Waals surface area contributed by atoms with E-state index >= 15 is 0 Å². The highest BCUT2D eigenvalue weighted by Gasteiger charge is 2.33. The molecule has 2 aromatic heterocycles. The average Bonchev–Trinajstić information content (AvgIpc) is 2.94. The molecule has 4 nitrogen and oxygen atoms in total. The van der Waals surface area contributed by atoms with Crippen LogP contribution in [0.4, 0.5) is 0 Å². The van der Waals surface area contributed by atoms with Gasteiger partial charge in [0.2, 0.25) is 0 Å². The Kier molecular flexibility index (Phi) is 2.58. The number of aromatic amines is 1. The number of aryl methyl sites for hydroxylation is 1. The fourth-order valence-electron chi connectivity index (χ4n) is 3.80. The van der Waals surface area contributed by atoms with Crippen LogP contribution in [0.25, 0.3) is 11.2 Å². The lowest BCUT2D eigenvalue weighted by atomic mass is 9.89. The zero-order chi connectivity index (χ0) is 12.8. The monoisotopic (exact) mass is 256 g/mol. The summed E-state index contributed by atoms with van der Waals surface area (Å²) in [6, 6.07) is 3.55. The molecule has 2 unspecified atom stereocenters. The molecule has 0 aliphatic carbocycles. The number of nitrogens with zero attached hydrogens (tertiary/aromatic N) is 2. The third-order valence-electron chi connectivity index (χ3n) is 4.70. The number of aromatic nitrogens is 3. The second-order valence-electron chi connectivity index (χ2n) is 6.19. The molecule has 0 spiro atoms. The van der Waals surface area contributed by atoms with Crippen molar-refractivity contribution in [3.05, 3.63) is 23.7 Å². The van der Waals surface area contributed by atoms with E-state index in [-0.39, 0.29) is 0 Å². The molecule has 4 rings (SSSR count). The van der Waals surface area contributed by atoms with E-state index in [1.807, 2.05) is 12.3 Å². The first kappa shape index (κ1) is 11.4. The zero-order valence-corrected chi connectivity index (χ0v) is 11.3. The highest BCUT2D eigenvalue weighted by Crippen LogP contribution is 2.32. The van der Waals surface area contributed by atoms with E-state index in [1.165, 1.54) is 31.2 Å². The molecule has 0 saturated carbocycles. The summed E-state index contributed by atoms with van der Waals surface area (Å²) < 4.78 is 0. The Balaban J connectivity index is 1.56. The first-order valence-corrected chi connectivity index (χ1v) is 7.34. The molecule has 0 radical (unpaired) electrons. The molecule has 4 heterocycles. The number of pyridine rings is 1. The lowest BCUT2D eigenvalue weighted by Crippen LogP contribution is -2.38. The highest BCUT2D eigenvalue weighted by atomic mass is 15.0. The molecule has 2 fully saturated rings. The van der Waals surface area contributed by atoms with Gasteiger partial charge in [0.25, 0.3) is 0 Å². The molecular weight excluding hydrogens is 236 g/mol. The van der Waals surface area contributed by atoms with E-state index in [0.717, 1.165) is 41.4 Å². The normalized spacial score (nSPS) is 30.1. The van der Waals surface area contributed by atoms with Crippen LogP contribution in [0.5, 0.6) is 0 Å². The van der Waals surface area contributed by atoms with Gasteiger partial charge in [0, 0.05) is 24.7 Å². The van der Waals surface area contributed by atoms with Crippen molar-refractivity contribution in [1.29, 1.82) is 0 Å². The molecule has 100 valence electrons. The number of hydrogen-bond donors (Lipinski definition) is 2. The van der Waals surface area contributed by atoms with Crippen molar-refractivity contribution in [2.45, 2.75) is 51.1 Å². The number of rotatable bonds is 2. The predicted molar refractivity (Wildman–Crippen MR) is 75.0 cm³/mol. The minimum Gasteiger partial charge on any atom is -0.340 e. The van der Waals surface area contributed by atoms with Gasteiger partial charge in [-0.05, 0) is 50.2 Å². The Hall–Kier alpha value is -1.42. The molecule has 2 N–H and O–H groups in total. The average molecular weight is 256 g/mol. The van der Waals surface area contributed by atoms with Crippen molar-refractivity contribution in [3.63, 3.8) is 0 Å². The largest absolute Gasteiger partial charge is 0.340 e. The van der Waals surface area contributed by atoms with E-state index in [1.54, 1.807) is 0 Å². The molecule has 2 bridgehead atoms. The summed E-state index contributed by atoms with van der Waals surface area (Å²) in [5.41, 5.74) is 3.20. The van der Waals surface area contributed by atoms with Gasteiger partial charge < -0.3 is 10.3 Å². The Labute approximate surface area is 113 Å². The predicted octanol–water partition coefficient (Wildman–Crippen LogP) is 2.34. The number of nitrogens with one attached hydrogen (secondary N) is 2. The lowest BCUT2D eigenvalue weighted by Gasteiger charge is -2.28. The Morgan fingerprint density at radius 2 is 2.05 bits per heavy atom. The molecular formula is C15H20N4. The van der Waals surface area contributed by atoms with Gasteiger partial charge in [0.1, 0.15) is 5.82 Å². The fourth-order valence-corrected chi connectivity index (χ4v) is 3.80. The quantitative estimate of drug-likeness (QED) is 0.867. The van der Waals surface area contributed by atoms with E-state index < -0.39 is 0 Å². The van der Waals surface area contributed by atoms with Crippen molar-refractivity contribution in [2.75, 3.05) is 0 Å². The number of piperidine rings is 1. The summed E-state index contributed by atoms with van der Waals surface area (Å²) >= 11 is 0. The second-order valence-corrected chi connectivity index (χ2v) is 6.19. The number of fused-ring (bicyclic) bond motifs is 3. The third kappa shape index (κ3) is 2.04. The molecule has 4 heteroatoms. The Morgan fingerprint density at radius 1 is 1.26 bits per heavy atom. The number of hydrogen-bond acceptors (Lipinski definition) is 3. The van der Waals surface area contributed by atoms with E-state index in [9.17, 15) is 0 Å². The molecule has 0 aromatic carbocycles. The molecule has 2 aliphatic rings. The van der Waals surface area contributed by atoms with Crippen molar-refractivity contribution in [3.8, 4) is 0 Å². The number of imidazole rings is 1. The fraction of sp³-hybridized carbons (Fsp3) is 0.600. The molecule has 0 amide bonds. The standard InChI is InChI=1S/C15H20N4/c1-9-4-5-16-15-14(9)18-13(19-15)8-10-6-11-2-3-12(7-10)17-11/h4-5,10-12,17H,2-3,6-8H2,1H3,(H,16,18,19). The van der Waals surface area contributed by atoms with Crippen molar-refractivity contribution in [1.82, 2.24) is 20.3 Å². The van der Waals surface area contributed by atoms with Gasteiger partial charge in [0.05, 0.1) is 5.52 Å². The van der Waals surface area contributed by atoms with Gasteiger partial charge in [-0.25, -0.2) is 9.97 Å². The van der Waals surface area contributed by atoms with Crippen molar-refractivity contribution in [2.24, 2.45) is 5.92 Å². The van der Waals surface area contributed by atoms with Crippen LogP contribution in [-0.2, 0) is 6.42 Å². The topological polar surface area (TPSA) is 53.6 Å².